The quantitative estimate of drug-likeness (QED) is 0.893. The predicted octanol–water partition coefficient (Wildman–Crippen LogP) is 3.40. The Labute approximate surface area is 154 Å². The van der Waals surface area contributed by atoms with Crippen LogP contribution in [-0.2, 0) is 0 Å². The molecule has 1 fully saturated rings. The maximum atomic E-state index is 12.5. The summed E-state index contributed by atoms with van der Waals surface area (Å²) in [4.78, 5) is 18.4. The third kappa shape index (κ3) is 4.65. The Balaban J connectivity index is 1.47. The average molecular weight is 355 g/mol. The number of carbonyl (C=O) groups excluding carboxylic acids is 1. The van der Waals surface area contributed by atoms with Gasteiger partial charge in [0, 0.05) is 32.1 Å². The van der Waals surface area contributed by atoms with Gasteiger partial charge in [0.2, 0.25) is 0 Å². The van der Waals surface area contributed by atoms with E-state index in [1.807, 2.05) is 48.2 Å². The molecule has 0 saturated carbocycles. The van der Waals surface area contributed by atoms with Gasteiger partial charge in [0.15, 0.2) is 0 Å². The van der Waals surface area contributed by atoms with Crippen molar-refractivity contribution in [3.8, 4) is 11.5 Å². The first-order valence-corrected chi connectivity index (χ1v) is 8.92. The first kappa shape index (κ1) is 18.0. The van der Waals surface area contributed by atoms with Crippen molar-refractivity contribution in [2.24, 2.45) is 0 Å². The van der Waals surface area contributed by atoms with Crippen molar-refractivity contribution in [2.45, 2.75) is 31.9 Å². The number of aromatic nitrogens is 1. The molecule has 1 N–H and O–H groups in total. The molecule has 6 nitrogen and oxygen atoms in total. The largest absolute Gasteiger partial charge is 0.497 e. The molecule has 1 aromatic carbocycles. The lowest BCUT2D eigenvalue weighted by molar-refractivity contribution is 0.110. The third-order valence-electron chi connectivity index (χ3n) is 4.62. The van der Waals surface area contributed by atoms with Gasteiger partial charge in [-0.1, -0.05) is 12.1 Å². The third-order valence-corrected chi connectivity index (χ3v) is 4.62. The van der Waals surface area contributed by atoms with E-state index in [2.05, 4.69) is 10.3 Å². The van der Waals surface area contributed by atoms with Gasteiger partial charge in [0.25, 0.3) is 0 Å². The molecule has 2 amide bonds. The molecule has 0 spiro atoms. The van der Waals surface area contributed by atoms with Crippen LogP contribution in [0.4, 0.5) is 4.79 Å². The number of methoxy groups -OCH3 is 1. The van der Waals surface area contributed by atoms with Gasteiger partial charge >= 0.3 is 6.03 Å². The number of hydrogen-bond acceptors (Lipinski definition) is 4. The van der Waals surface area contributed by atoms with E-state index < -0.39 is 0 Å². The zero-order valence-electron chi connectivity index (χ0n) is 15.2. The Morgan fingerprint density at radius 2 is 1.92 bits per heavy atom. The highest BCUT2D eigenvalue weighted by molar-refractivity contribution is 5.74. The summed E-state index contributed by atoms with van der Waals surface area (Å²) in [6, 6.07) is 11.4. The van der Waals surface area contributed by atoms with E-state index in [4.69, 9.17) is 9.47 Å². The van der Waals surface area contributed by atoms with E-state index in [1.54, 1.807) is 19.5 Å². The molecule has 1 aliphatic heterocycles. The lowest BCUT2D eigenvalue weighted by atomic mass is 10.1. The summed E-state index contributed by atoms with van der Waals surface area (Å²) in [6.07, 6.45) is 5.21. The highest BCUT2D eigenvalue weighted by Crippen LogP contribution is 2.20. The number of nitrogens with zero attached hydrogens (tertiary/aromatic N) is 2. The Bertz CT molecular complexity index is 698. The Kier molecular flexibility index (Phi) is 5.94. The second-order valence-electron chi connectivity index (χ2n) is 6.44. The molecule has 3 rings (SSSR count). The maximum Gasteiger partial charge on any atom is 0.317 e. The number of ether oxygens (including phenoxy) is 2. The molecule has 0 radical (unpaired) electrons. The SMILES string of the molecule is COc1ccc([C@@H](C)NC(=O)N2CCC(Oc3cccnc3)CC2)cc1. The van der Waals surface area contributed by atoms with Gasteiger partial charge in [0.05, 0.1) is 19.3 Å². The average Bonchev–Trinajstić information content (AvgIpc) is 2.69. The van der Waals surface area contributed by atoms with Crippen molar-refractivity contribution in [2.75, 3.05) is 20.2 Å². The summed E-state index contributed by atoms with van der Waals surface area (Å²) < 4.78 is 11.1. The van der Waals surface area contributed by atoms with E-state index in [0.717, 1.165) is 29.9 Å². The van der Waals surface area contributed by atoms with Crippen LogP contribution in [0.25, 0.3) is 0 Å². The van der Waals surface area contributed by atoms with Gasteiger partial charge in [0.1, 0.15) is 17.6 Å². The number of amides is 2. The number of urea groups is 1. The van der Waals surface area contributed by atoms with Crippen LogP contribution >= 0.6 is 0 Å². The summed E-state index contributed by atoms with van der Waals surface area (Å²) in [7, 11) is 1.64. The summed E-state index contributed by atoms with van der Waals surface area (Å²) in [6.45, 7) is 3.36. The fourth-order valence-electron chi connectivity index (χ4n) is 3.04. The molecule has 6 heteroatoms. The fraction of sp³-hybridized carbons (Fsp3) is 0.400. The van der Waals surface area contributed by atoms with Crippen LogP contribution in [0, 0.1) is 0 Å². The molecule has 1 aromatic heterocycles. The maximum absolute atomic E-state index is 12.5. The van der Waals surface area contributed by atoms with Crippen LogP contribution < -0.4 is 14.8 Å². The Morgan fingerprint density at radius 3 is 2.54 bits per heavy atom. The van der Waals surface area contributed by atoms with Gasteiger partial charge in [-0.25, -0.2) is 4.79 Å². The van der Waals surface area contributed by atoms with Gasteiger partial charge < -0.3 is 19.7 Å². The molecule has 1 atom stereocenters. The van der Waals surface area contributed by atoms with Crippen LogP contribution in [0.3, 0.4) is 0 Å². The lowest BCUT2D eigenvalue weighted by Gasteiger charge is -2.33. The van der Waals surface area contributed by atoms with Gasteiger partial charge in [-0.3, -0.25) is 4.98 Å². The van der Waals surface area contributed by atoms with Crippen LogP contribution in [0.1, 0.15) is 31.4 Å². The minimum Gasteiger partial charge on any atom is -0.497 e. The molecule has 1 saturated heterocycles. The molecular formula is C20H25N3O3. The van der Waals surface area contributed by atoms with Crippen molar-refractivity contribution in [1.29, 1.82) is 0 Å². The summed E-state index contributed by atoms with van der Waals surface area (Å²) in [5, 5.41) is 3.06. The molecule has 138 valence electrons. The number of nitrogens with one attached hydrogen (secondary N) is 1. The first-order chi connectivity index (χ1) is 12.7. The number of pyridine rings is 1. The number of carbonyl (C=O) groups is 1. The van der Waals surface area contributed by atoms with Crippen molar-refractivity contribution < 1.29 is 14.3 Å². The molecule has 26 heavy (non-hydrogen) atoms. The van der Waals surface area contributed by atoms with Crippen molar-refractivity contribution in [3.63, 3.8) is 0 Å². The molecule has 1 aliphatic rings. The van der Waals surface area contributed by atoms with E-state index in [-0.39, 0.29) is 18.2 Å². The van der Waals surface area contributed by atoms with Crippen molar-refractivity contribution >= 4 is 6.03 Å². The van der Waals surface area contributed by atoms with E-state index in [9.17, 15) is 4.79 Å². The van der Waals surface area contributed by atoms with Crippen LogP contribution in [0.15, 0.2) is 48.8 Å². The molecule has 0 unspecified atom stereocenters. The zero-order valence-corrected chi connectivity index (χ0v) is 15.2. The topological polar surface area (TPSA) is 63.7 Å². The van der Waals surface area contributed by atoms with Gasteiger partial charge in [-0.2, -0.15) is 0 Å². The normalized spacial score (nSPS) is 16.0. The summed E-state index contributed by atoms with van der Waals surface area (Å²) in [5.41, 5.74) is 1.05. The van der Waals surface area contributed by atoms with E-state index in [0.29, 0.717) is 13.1 Å². The highest BCUT2D eigenvalue weighted by Gasteiger charge is 2.24. The zero-order chi connectivity index (χ0) is 18.4. The first-order valence-electron chi connectivity index (χ1n) is 8.92. The van der Waals surface area contributed by atoms with Crippen LogP contribution in [-0.4, -0.2) is 42.2 Å². The monoisotopic (exact) mass is 355 g/mol. The highest BCUT2D eigenvalue weighted by atomic mass is 16.5. The van der Waals surface area contributed by atoms with Gasteiger partial charge in [-0.15, -0.1) is 0 Å². The summed E-state index contributed by atoms with van der Waals surface area (Å²) in [5.74, 6) is 1.59. The van der Waals surface area contributed by atoms with Crippen molar-refractivity contribution in [3.05, 3.63) is 54.4 Å². The minimum atomic E-state index is -0.0576. The van der Waals surface area contributed by atoms with Crippen LogP contribution in [0.5, 0.6) is 11.5 Å². The lowest BCUT2D eigenvalue weighted by Crippen LogP contribution is -2.47. The minimum absolute atomic E-state index is 0.0341. The van der Waals surface area contributed by atoms with E-state index >= 15 is 0 Å². The van der Waals surface area contributed by atoms with Gasteiger partial charge in [-0.05, 0) is 36.8 Å². The Hall–Kier alpha value is -2.76. The summed E-state index contributed by atoms with van der Waals surface area (Å²) >= 11 is 0. The molecule has 2 heterocycles. The fourth-order valence-corrected chi connectivity index (χ4v) is 3.04. The second kappa shape index (κ2) is 8.56. The van der Waals surface area contributed by atoms with Crippen LogP contribution in [0.2, 0.25) is 0 Å². The Morgan fingerprint density at radius 1 is 1.19 bits per heavy atom. The standard InChI is InChI=1S/C20H25N3O3/c1-15(16-5-7-17(25-2)8-6-16)22-20(24)23-12-9-18(10-13-23)26-19-4-3-11-21-14-19/h3-8,11,14-15,18H,9-10,12-13H2,1-2H3,(H,22,24)/t15-/m1/s1. The molecule has 2 aromatic rings. The number of likely N-dealkylation sites (tertiary alicyclic amines) is 1. The molecule has 0 bridgehead atoms. The number of benzene rings is 1. The predicted molar refractivity (Wildman–Crippen MR) is 99.4 cm³/mol. The van der Waals surface area contributed by atoms with E-state index in [1.165, 1.54) is 0 Å². The van der Waals surface area contributed by atoms with Crippen molar-refractivity contribution in [1.82, 2.24) is 15.2 Å². The number of rotatable bonds is 5. The number of piperidine rings is 1. The second-order valence-corrected chi connectivity index (χ2v) is 6.44. The molecular weight excluding hydrogens is 330 g/mol. The number of hydrogen-bond donors (Lipinski definition) is 1. The smallest absolute Gasteiger partial charge is 0.317 e. The molecule has 0 aliphatic carbocycles.